The monoisotopic (exact) mass is 716 g/mol. The Morgan fingerprint density at radius 2 is 0.696 bits per heavy atom. The molecule has 4 aromatic heterocycles. The maximum atomic E-state index is 6.03. The minimum Gasteiger partial charge on any atom is -0.454 e. The first-order valence-electron chi connectivity index (χ1n) is 18.8. The normalized spacial score (nSPS) is 11.6. The van der Waals surface area contributed by atoms with Gasteiger partial charge in [-0.15, -0.1) is 0 Å². The molecule has 0 fully saturated rings. The van der Waals surface area contributed by atoms with E-state index in [-0.39, 0.29) is 0 Å². The van der Waals surface area contributed by atoms with Gasteiger partial charge in [0, 0.05) is 33.9 Å². The van der Waals surface area contributed by atoms with Crippen LogP contribution in [-0.2, 0) is 0 Å². The molecule has 56 heavy (non-hydrogen) atoms. The Labute approximate surface area is 323 Å². The molecule has 4 heterocycles. The topological polar surface area (TPSA) is 52.1 Å². The van der Waals surface area contributed by atoms with Crippen molar-refractivity contribution >= 4 is 44.0 Å². The van der Waals surface area contributed by atoms with E-state index in [0.717, 1.165) is 60.5 Å². The van der Waals surface area contributed by atoms with Crippen LogP contribution < -0.4 is 0 Å². The lowest BCUT2D eigenvalue weighted by Gasteiger charge is -2.11. The van der Waals surface area contributed by atoms with Gasteiger partial charge in [-0.25, -0.2) is 4.98 Å². The fourth-order valence-electron chi connectivity index (χ4n) is 7.99. The Kier molecular flexibility index (Phi) is 7.46. The van der Waals surface area contributed by atoms with Crippen molar-refractivity contribution in [1.29, 1.82) is 0 Å². The molecule has 4 nitrogen and oxygen atoms in total. The van der Waals surface area contributed by atoms with E-state index < -0.39 is 0 Å². The van der Waals surface area contributed by atoms with Gasteiger partial charge < -0.3 is 8.83 Å². The summed E-state index contributed by atoms with van der Waals surface area (Å²) in [5.74, 6) is 0. The molecule has 0 saturated carbocycles. The Balaban J connectivity index is 0.886. The lowest BCUT2D eigenvalue weighted by molar-refractivity contribution is 0.654. The van der Waals surface area contributed by atoms with Crippen molar-refractivity contribution in [3.63, 3.8) is 0 Å². The molecule has 0 saturated heterocycles. The van der Waals surface area contributed by atoms with Crippen molar-refractivity contribution in [2.24, 2.45) is 0 Å². The minimum atomic E-state index is 0.667. The SMILES string of the molecule is c1cc(-c2cccc(-c3cccc(-c4ccc5oc6cnccc6c5c4)c3)c2)cc(-c2cccc(-c3cccc(-c4ccc5oc6ncccc6c5c4)c3)c2)c1. The van der Waals surface area contributed by atoms with Crippen molar-refractivity contribution in [3.8, 4) is 66.8 Å². The van der Waals surface area contributed by atoms with E-state index in [1.54, 1.807) is 12.4 Å². The van der Waals surface area contributed by atoms with Crippen LogP contribution in [0.5, 0.6) is 0 Å². The van der Waals surface area contributed by atoms with Gasteiger partial charge in [0.2, 0.25) is 5.71 Å². The number of aromatic nitrogens is 2. The smallest absolute Gasteiger partial charge is 0.227 e. The van der Waals surface area contributed by atoms with E-state index in [1.807, 2.05) is 24.4 Å². The predicted octanol–water partition coefficient (Wildman–Crippen LogP) is 14.3. The number of fused-ring (bicyclic) bond motifs is 6. The standard InChI is InChI=1S/C52H32N2O2/c1-7-33(35-9-2-11-37(26-35)39-13-4-15-41(28-39)43-18-20-49-47(30-43)45-22-24-53-32-51(45)55-49)25-34(8-1)36-10-3-12-38(27-36)40-14-5-16-42(29-40)44-19-21-50-48(31-44)46-17-6-23-54-52(46)56-50/h1-32H. The van der Waals surface area contributed by atoms with Crippen LogP contribution in [0.1, 0.15) is 0 Å². The highest BCUT2D eigenvalue weighted by Crippen LogP contribution is 2.37. The van der Waals surface area contributed by atoms with Crippen LogP contribution in [0, 0.1) is 0 Å². The first kappa shape index (κ1) is 31.9. The third-order valence-electron chi connectivity index (χ3n) is 10.8. The average Bonchev–Trinajstić information content (AvgIpc) is 3.84. The Bertz CT molecular complexity index is 3060. The van der Waals surface area contributed by atoms with Gasteiger partial charge in [0.15, 0.2) is 5.58 Å². The Morgan fingerprint density at radius 1 is 0.286 bits per heavy atom. The van der Waals surface area contributed by atoms with Gasteiger partial charge in [0.05, 0.1) is 6.20 Å². The molecule has 262 valence electrons. The summed E-state index contributed by atoms with van der Waals surface area (Å²) in [5, 5.41) is 4.29. The van der Waals surface area contributed by atoms with Crippen molar-refractivity contribution < 1.29 is 8.83 Å². The molecule has 0 atom stereocenters. The predicted molar refractivity (Wildman–Crippen MR) is 229 cm³/mol. The second kappa shape index (κ2) is 13.1. The minimum absolute atomic E-state index is 0.667. The molecular weight excluding hydrogens is 685 g/mol. The van der Waals surface area contributed by atoms with Crippen LogP contribution in [0.4, 0.5) is 0 Å². The van der Waals surface area contributed by atoms with Crippen LogP contribution in [0.15, 0.2) is 203 Å². The fraction of sp³-hybridized carbons (Fsp3) is 0. The molecule has 0 aliphatic rings. The summed E-state index contributed by atoms with van der Waals surface area (Å²) in [4.78, 5) is 8.62. The van der Waals surface area contributed by atoms with Gasteiger partial charge in [0.1, 0.15) is 11.2 Å². The van der Waals surface area contributed by atoms with Crippen LogP contribution in [0.2, 0.25) is 0 Å². The van der Waals surface area contributed by atoms with E-state index in [2.05, 4.69) is 168 Å². The quantitative estimate of drug-likeness (QED) is 0.172. The molecule has 11 rings (SSSR count). The van der Waals surface area contributed by atoms with Gasteiger partial charge in [-0.05, 0) is 140 Å². The summed E-state index contributed by atoms with van der Waals surface area (Å²) >= 11 is 0. The summed E-state index contributed by atoms with van der Waals surface area (Å²) in [5.41, 5.74) is 17.2. The zero-order valence-corrected chi connectivity index (χ0v) is 30.2. The van der Waals surface area contributed by atoms with Gasteiger partial charge in [-0.3, -0.25) is 4.98 Å². The second-order valence-corrected chi connectivity index (χ2v) is 14.3. The van der Waals surface area contributed by atoms with Gasteiger partial charge in [-0.1, -0.05) is 103 Å². The summed E-state index contributed by atoms with van der Waals surface area (Å²) < 4.78 is 12.0. The maximum Gasteiger partial charge on any atom is 0.227 e. The molecule has 0 aliphatic carbocycles. The zero-order chi connectivity index (χ0) is 37.0. The highest BCUT2D eigenvalue weighted by atomic mass is 16.3. The largest absolute Gasteiger partial charge is 0.454 e. The third-order valence-corrected chi connectivity index (χ3v) is 10.8. The zero-order valence-electron chi connectivity index (χ0n) is 30.2. The summed E-state index contributed by atoms with van der Waals surface area (Å²) in [6, 6.07) is 62.8. The highest BCUT2D eigenvalue weighted by molar-refractivity contribution is 6.06. The van der Waals surface area contributed by atoms with Crippen molar-refractivity contribution in [2.45, 2.75) is 0 Å². The van der Waals surface area contributed by atoms with Gasteiger partial charge in [0.25, 0.3) is 0 Å². The molecule has 0 N–H and O–H groups in total. The van der Waals surface area contributed by atoms with Gasteiger partial charge in [-0.2, -0.15) is 0 Å². The number of pyridine rings is 2. The highest BCUT2D eigenvalue weighted by Gasteiger charge is 2.12. The summed E-state index contributed by atoms with van der Waals surface area (Å²) in [6.07, 6.45) is 5.36. The van der Waals surface area contributed by atoms with Crippen molar-refractivity contribution in [3.05, 3.63) is 195 Å². The van der Waals surface area contributed by atoms with Crippen LogP contribution in [0.25, 0.3) is 111 Å². The molecule has 0 radical (unpaired) electrons. The second-order valence-electron chi connectivity index (χ2n) is 14.3. The molecule has 0 aliphatic heterocycles. The lowest BCUT2D eigenvalue weighted by Crippen LogP contribution is -1.86. The molecule has 7 aromatic carbocycles. The van der Waals surface area contributed by atoms with Crippen LogP contribution in [-0.4, -0.2) is 9.97 Å². The fourth-order valence-corrected chi connectivity index (χ4v) is 7.99. The molecule has 4 heteroatoms. The van der Waals surface area contributed by atoms with Crippen molar-refractivity contribution in [1.82, 2.24) is 9.97 Å². The first-order valence-corrected chi connectivity index (χ1v) is 18.8. The van der Waals surface area contributed by atoms with Crippen LogP contribution in [0.3, 0.4) is 0 Å². The summed E-state index contributed by atoms with van der Waals surface area (Å²) in [7, 11) is 0. The van der Waals surface area contributed by atoms with E-state index in [9.17, 15) is 0 Å². The Morgan fingerprint density at radius 3 is 1.16 bits per heavy atom. The molecule has 11 aromatic rings. The summed E-state index contributed by atoms with van der Waals surface area (Å²) in [6.45, 7) is 0. The third kappa shape index (κ3) is 5.64. The number of hydrogen-bond donors (Lipinski definition) is 0. The molecule has 0 bridgehead atoms. The maximum absolute atomic E-state index is 6.03. The van der Waals surface area contributed by atoms with Crippen molar-refractivity contribution in [2.75, 3.05) is 0 Å². The van der Waals surface area contributed by atoms with E-state index in [4.69, 9.17) is 8.83 Å². The van der Waals surface area contributed by atoms with Gasteiger partial charge >= 0.3 is 0 Å². The molecule has 0 amide bonds. The molecule has 0 unspecified atom stereocenters. The molecule has 0 spiro atoms. The average molecular weight is 717 g/mol. The molecular formula is C52H32N2O2. The number of hydrogen-bond acceptors (Lipinski definition) is 4. The van der Waals surface area contributed by atoms with Crippen LogP contribution >= 0.6 is 0 Å². The number of benzene rings is 7. The number of furan rings is 2. The van der Waals surface area contributed by atoms with E-state index >= 15 is 0 Å². The number of nitrogens with zero attached hydrogens (tertiary/aromatic N) is 2. The lowest BCUT2D eigenvalue weighted by atomic mass is 9.93. The first-order chi connectivity index (χ1) is 27.7. The Hall–Kier alpha value is -7.56. The number of rotatable bonds is 6. The van der Waals surface area contributed by atoms with E-state index in [1.165, 1.54) is 44.5 Å². The van der Waals surface area contributed by atoms with E-state index in [0.29, 0.717) is 5.71 Å².